The lowest BCUT2D eigenvalue weighted by molar-refractivity contribution is -0.0649. The van der Waals surface area contributed by atoms with E-state index in [2.05, 4.69) is 218 Å². The van der Waals surface area contributed by atoms with Crippen molar-refractivity contribution in [2.75, 3.05) is 0 Å². The van der Waals surface area contributed by atoms with Gasteiger partial charge in [-0.1, -0.05) is 194 Å². The second-order valence-electron chi connectivity index (χ2n) is 21.0. The van der Waals surface area contributed by atoms with E-state index in [4.69, 9.17) is 0 Å². The molecule has 4 aliphatic carbocycles. The van der Waals surface area contributed by atoms with Gasteiger partial charge < -0.3 is 0 Å². The normalized spacial score (nSPS) is 23.6. The van der Waals surface area contributed by atoms with Crippen molar-refractivity contribution >= 4 is 86.2 Å². The number of benzene rings is 12. The third kappa shape index (κ3) is 4.94. The summed E-state index contributed by atoms with van der Waals surface area (Å²) >= 11 is 0. The molecule has 312 valence electrons. The summed E-state index contributed by atoms with van der Waals surface area (Å²) in [6.45, 7) is 0. The highest BCUT2D eigenvalue weighted by Gasteiger charge is 2.71. The molecule has 12 aromatic rings. The third-order valence-corrected chi connectivity index (χ3v) is 17.3. The molecule has 0 saturated heterocycles. The van der Waals surface area contributed by atoms with Crippen molar-refractivity contribution in [3.63, 3.8) is 0 Å². The maximum atomic E-state index is 2.47. The molecule has 0 spiro atoms. The van der Waals surface area contributed by atoms with Crippen LogP contribution in [0.1, 0.15) is 60.8 Å². The fourth-order valence-corrected chi connectivity index (χ4v) is 16.0. The average molecular weight is 841 g/mol. The van der Waals surface area contributed by atoms with E-state index in [0.29, 0.717) is 0 Å². The van der Waals surface area contributed by atoms with Gasteiger partial charge >= 0.3 is 0 Å². The zero-order valence-corrected chi connectivity index (χ0v) is 37.0. The Morgan fingerprint density at radius 3 is 0.470 bits per heavy atom. The van der Waals surface area contributed by atoms with E-state index >= 15 is 0 Å². The minimum absolute atomic E-state index is 0.191. The molecule has 4 saturated carbocycles. The van der Waals surface area contributed by atoms with Crippen molar-refractivity contribution in [1.29, 1.82) is 0 Å². The molecule has 4 aliphatic rings. The SMILES string of the molecule is c1ccc2c(C34CC5(c6c7ccccc7cc7ccccc67)CC(c6c7ccccc7cc7ccccc67)(C3)CC(c3c6ccccc6cc6ccccc36)(C4)C5)c3ccccc3cc2c1. The lowest BCUT2D eigenvalue weighted by atomic mass is 9.31. The van der Waals surface area contributed by atoms with Gasteiger partial charge in [0.1, 0.15) is 0 Å². The van der Waals surface area contributed by atoms with Gasteiger partial charge in [0.25, 0.3) is 0 Å². The van der Waals surface area contributed by atoms with Crippen LogP contribution >= 0.6 is 0 Å². The van der Waals surface area contributed by atoms with E-state index in [-0.39, 0.29) is 21.7 Å². The van der Waals surface area contributed by atoms with Gasteiger partial charge in [-0.25, -0.2) is 0 Å². The summed E-state index contributed by atoms with van der Waals surface area (Å²) in [6.07, 6.45) is 6.61. The first-order valence-corrected chi connectivity index (χ1v) is 24.2. The van der Waals surface area contributed by atoms with Crippen molar-refractivity contribution in [3.8, 4) is 0 Å². The molecule has 4 fully saturated rings. The van der Waals surface area contributed by atoms with Gasteiger partial charge in [0.2, 0.25) is 0 Å². The Hall–Kier alpha value is -7.28. The zero-order valence-electron chi connectivity index (χ0n) is 37.0. The highest BCUT2D eigenvalue weighted by Crippen LogP contribution is 2.77. The smallest absolute Gasteiger partial charge is 0.000922 e. The van der Waals surface area contributed by atoms with Crippen molar-refractivity contribution in [2.24, 2.45) is 0 Å². The first-order valence-electron chi connectivity index (χ1n) is 24.2. The molecule has 0 aromatic heterocycles. The maximum absolute atomic E-state index is 2.47. The molecular formula is C66H48. The van der Waals surface area contributed by atoms with Crippen LogP contribution in [0.2, 0.25) is 0 Å². The molecular weight excluding hydrogens is 793 g/mol. The number of rotatable bonds is 4. The van der Waals surface area contributed by atoms with Gasteiger partial charge in [-0.05, 0) is 193 Å². The maximum Gasteiger partial charge on any atom is -0.000922 e. The second kappa shape index (κ2) is 13.2. The fraction of sp³-hybridized carbons (Fsp3) is 0.152. The third-order valence-electron chi connectivity index (χ3n) is 17.3. The Morgan fingerprint density at radius 1 is 0.182 bits per heavy atom. The molecule has 12 aromatic carbocycles. The second-order valence-corrected chi connectivity index (χ2v) is 21.0. The van der Waals surface area contributed by atoms with E-state index in [1.165, 1.54) is 86.2 Å². The largest absolute Gasteiger partial charge is 0.0616 e. The van der Waals surface area contributed by atoms with Crippen molar-refractivity contribution in [2.45, 2.75) is 60.2 Å². The Morgan fingerprint density at radius 2 is 0.318 bits per heavy atom. The van der Waals surface area contributed by atoms with Crippen LogP contribution < -0.4 is 0 Å². The van der Waals surface area contributed by atoms with Gasteiger partial charge in [-0.2, -0.15) is 0 Å². The predicted molar refractivity (Wildman–Crippen MR) is 280 cm³/mol. The number of hydrogen-bond donors (Lipinski definition) is 0. The molecule has 0 nitrogen and oxygen atoms in total. The molecule has 66 heavy (non-hydrogen) atoms. The Bertz CT molecular complexity index is 3260. The molecule has 16 rings (SSSR count). The zero-order chi connectivity index (χ0) is 43.2. The van der Waals surface area contributed by atoms with E-state index in [1.807, 2.05) is 0 Å². The molecule has 0 unspecified atom stereocenters. The van der Waals surface area contributed by atoms with E-state index in [1.54, 1.807) is 22.3 Å². The highest BCUT2D eigenvalue weighted by atomic mass is 14.7. The van der Waals surface area contributed by atoms with E-state index in [9.17, 15) is 0 Å². The molecule has 4 bridgehead atoms. The molecule has 0 heterocycles. The van der Waals surface area contributed by atoms with Crippen LogP contribution in [0.3, 0.4) is 0 Å². The summed E-state index contributed by atoms with van der Waals surface area (Å²) in [7, 11) is 0. The molecule has 0 amide bonds. The van der Waals surface area contributed by atoms with Gasteiger partial charge in [0.15, 0.2) is 0 Å². The monoisotopic (exact) mass is 840 g/mol. The first-order chi connectivity index (χ1) is 32.5. The standard InChI is InChI=1S/C66H48/c1-9-25-51-43(17-1)33-44-18-2-10-26-52(44)59(51)63-37-64(60-53-27-11-3-19-45(53)34-46-20-4-12-28-54(46)60)40-65(38-63,61-55-29-13-5-21-47(55)35-48-22-6-14-30-56(48)61)42-66(39-63,41-64)62-57-31-15-7-23-49(57)36-50-24-8-16-32-58(50)62/h1-36H,37-42H2. The van der Waals surface area contributed by atoms with Crippen LogP contribution in [0, 0.1) is 0 Å². The molecule has 0 radical (unpaired) electrons. The molecule has 0 atom stereocenters. The van der Waals surface area contributed by atoms with Crippen molar-refractivity contribution in [1.82, 2.24) is 0 Å². The predicted octanol–water partition coefficient (Wildman–Crippen LogP) is 17.3. The lowest BCUT2D eigenvalue weighted by Crippen LogP contribution is -2.67. The van der Waals surface area contributed by atoms with Crippen LogP contribution in [0.15, 0.2) is 218 Å². The number of fused-ring (bicyclic) bond motifs is 8. The summed E-state index contributed by atoms with van der Waals surface area (Å²) in [6, 6.07) is 85.0. The van der Waals surface area contributed by atoms with Crippen LogP contribution in [-0.2, 0) is 21.7 Å². The average Bonchev–Trinajstić information content (AvgIpc) is 3.35. The van der Waals surface area contributed by atoms with E-state index < -0.39 is 0 Å². The molecule has 0 N–H and O–H groups in total. The van der Waals surface area contributed by atoms with Crippen LogP contribution in [0.5, 0.6) is 0 Å². The van der Waals surface area contributed by atoms with Crippen LogP contribution in [0.4, 0.5) is 0 Å². The quantitative estimate of drug-likeness (QED) is 0.155. The van der Waals surface area contributed by atoms with Gasteiger partial charge in [0, 0.05) is 0 Å². The number of hydrogen-bond acceptors (Lipinski definition) is 0. The summed E-state index contributed by atoms with van der Waals surface area (Å²) in [5.74, 6) is 0. The van der Waals surface area contributed by atoms with Crippen molar-refractivity contribution < 1.29 is 0 Å². The molecule has 0 aliphatic heterocycles. The Balaban J connectivity index is 1.19. The first kappa shape index (κ1) is 37.0. The van der Waals surface area contributed by atoms with Gasteiger partial charge in [0.05, 0.1) is 0 Å². The Labute approximate surface area is 385 Å². The van der Waals surface area contributed by atoms with Crippen molar-refractivity contribution in [3.05, 3.63) is 241 Å². The van der Waals surface area contributed by atoms with Gasteiger partial charge in [-0.3, -0.25) is 0 Å². The minimum Gasteiger partial charge on any atom is -0.0616 e. The topological polar surface area (TPSA) is 0 Å². The summed E-state index contributed by atoms with van der Waals surface area (Å²) in [4.78, 5) is 0. The highest BCUT2D eigenvalue weighted by molar-refractivity contribution is 6.08. The lowest BCUT2D eigenvalue weighted by Gasteiger charge is -2.72. The summed E-state index contributed by atoms with van der Waals surface area (Å²) in [5.41, 5.74) is 5.54. The molecule has 0 heteroatoms. The van der Waals surface area contributed by atoms with Crippen LogP contribution in [0.25, 0.3) is 86.2 Å². The minimum atomic E-state index is -0.191. The van der Waals surface area contributed by atoms with Crippen LogP contribution in [-0.4, -0.2) is 0 Å². The summed E-state index contributed by atoms with van der Waals surface area (Å²) < 4.78 is 0. The van der Waals surface area contributed by atoms with E-state index in [0.717, 1.165) is 38.5 Å². The van der Waals surface area contributed by atoms with Gasteiger partial charge in [-0.15, -0.1) is 0 Å². The summed E-state index contributed by atoms with van der Waals surface area (Å²) in [5, 5.41) is 22.2. The Kier molecular flexibility index (Phi) is 7.38. The fourth-order valence-electron chi connectivity index (χ4n) is 16.0.